The molecule has 0 saturated heterocycles. The molecular weight excluding hydrogens is 284 g/mol. The van der Waals surface area contributed by atoms with Crippen LogP contribution in [0.5, 0.6) is 0 Å². The number of imidazole rings is 1. The summed E-state index contributed by atoms with van der Waals surface area (Å²) in [5.41, 5.74) is 2.08. The van der Waals surface area contributed by atoms with Gasteiger partial charge in [-0.3, -0.25) is 0 Å². The van der Waals surface area contributed by atoms with Crippen molar-refractivity contribution >= 4 is 28.8 Å². The van der Waals surface area contributed by atoms with Crippen LogP contribution in [0.3, 0.4) is 0 Å². The summed E-state index contributed by atoms with van der Waals surface area (Å²) < 4.78 is 2.35. The van der Waals surface area contributed by atoms with Gasteiger partial charge in [0.2, 0.25) is 0 Å². The normalized spacial score (nSPS) is 12.0. The third-order valence-corrected chi connectivity index (χ3v) is 4.87. The SMILES string of the molecule is CCCc1nc2cc(C(=O)O)ccc2n1CC(C)(C)SC. The highest BCUT2D eigenvalue weighted by molar-refractivity contribution is 7.99. The molecule has 0 fully saturated rings. The number of aromatic nitrogens is 2. The predicted octanol–water partition coefficient (Wildman–Crippen LogP) is 3.83. The van der Waals surface area contributed by atoms with E-state index < -0.39 is 5.97 Å². The van der Waals surface area contributed by atoms with E-state index in [1.165, 1.54) is 0 Å². The van der Waals surface area contributed by atoms with Crippen molar-refractivity contribution in [3.8, 4) is 0 Å². The Bertz CT molecular complexity index is 662. The molecule has 2 aromatic rings. The van der Waals surface area contributed by atoms with Gasteiger partial charge in [-0.1, -0.05) is 6.92 Å². The van der Waals surface area contributed by atoms with Crippen molar-refractivity contribution in [1.82, 2.24) is 9.55 Å². The average molecular weight is 306 g/mol. The molecule has 0 aliphatic carbocycles. The summed E-state index contributed by atoms with van der Waals surface area (Å²) in [5.74, 6) is 0.130. The third kappa shape index (κ3) is 3.40. The fourth-order valence-corrected chi connectivity index (χ4v) is 2.61. The summed E-state index contributed by atoms with van der Waals surface area (Å²) >= 11 is 1.83. The Morgan fingerprint density at radius 1 is 1.43 bits per heavy atom. The standard InChI is InChI=1S/C16H22N2O2S/c1-5-6-14-17-12-9-11(15(19)20)7-8-13(12)18(14)10-16(2,3)21-4/h7-9H,5-6,10H2,1-4H3,(H,19,20). The summed E-state index contributed by atoms with van der Waals surface area (Å²) in [6.07, 6.45) is 4.04. The first-order chi connectivity index (χ1) is 9.88. The molecule has 1 N–H and O–H groups in total. The highest BCUT2D eigenvalue weighted by Gasteiger charge is 2.21. The van der Waals surface area contributed by atoms with Crippen LogP contribution < -0.4 is 0 Å². The lowest BCUT2D eigenvalue weighted by Gasteiger charge is -2.24. The number of benzene rings is 1. The predicted molar refractivity (Wildman–Crippen MR) is 88.3 cm³/mol. The van der Waals surface area contributed by atoms with E-state index in [1.54, 1.807) is 12.1 Å². The number of carbonyl (C=O) groups is 1. The first-order valence-electron chi connectivity index (χ1n) is 7.15. The van der Waals surface area contributed by atoms with Crippen molar-refractivity contribution < 1.29 is 9.90 Å². The first-order valence-corrected chi connectivity index (χ1v) is 8.38. The summed E-state index contributed by atoms with van der Waals surface area (Å²) in [6.45, 7) is 7.42. The van der Waals surface area contributed by atoms with E-state index in [2.05, 4.69) is 36.6 Å². The Morgan fingerprint density at radius 2 is 2.14 bits per heavy atom. The summed E-state index contributed by atoms with van der Waals surface area (Å²) in [4.78, 5) is 15.8. The van der Waals surface area contributed by atoms with Crippen LogP contribution in [-0.4, -0.2) is 31.6 Å². The van der Waals surface area contributed by atoms with Crippen molar-refractivity contribution in [2.75, 3.05) is 6.26 Å². The lowest BCUT2D eigenvalue weighted by atomic mass is 10.1. The fourth-order valence-electron chi connectivity index (χ4n) is 2.35. The largest absolute Gasteiger partial charge is 0.478 e. The number of aromatic carboxylic acids is 1. The number of rotatable bonds is 6. The fraction of sp³-hybridized carbons (Fsp3) is 0.500. The monoisotopic (exact) mass is 306 g/mol. The Balaban J connectivity index is 2.55. The molecule has 0 amide bonds. The van der Waals surface area contributed by atoms with E-state index in [9.17, 15) is 4.79 Å². The number of hydrogen-bond acceptors (Lipinski definition) is 3. The molecule has 0 spiro atoms. The van der Waals surface area contributed by atoms with Gasteiger partial charge in [0, 0.05) is 17.7 Å². The van der Waals surface area contributed by atoms with Crippen LogP contribution >= 0.6 is 11.8 Å². The topological polar surface area (TPSA) is 55.1 Å². The van der Waals surface area contributed by atoms with Gasteiger partial charge in [-0.2, -0.15) is 11.8 Å². The summed E-state index contributed by atoms with van der Waals surface area (Å²) in [7, 11) is 0. The highest BCUT2D eigenvalue weighted by atomic mass is 32.2. The van der Waals surface area contributed by atoms with Gasteiger partial charge in [-0.15, -0.1) is 0 Å². The molecule has 114 valence electrons. The van der Waals surface area contributed by atoms with Gasteiger partial charge in [-0.25, -0.2) is 9.78 Å². The van der Waals surface area contributed by atoms with Crippen LogP contribution in [0.25, 0.3) is 11.0 Å². The second kappa shape index (κ2) is 6.10. The number of fused-ring (bicyclic) bond motifs is 1. The molecule has 0 unspecified atom stereocenters. The lowest BCUT2D eigenvalue weighted by Crippen LogP contribution is -2.23. The molecule has 4 nitrogen and oxygen atoms in total. The van der Waals surface area contributed by atoms with Gasteiger partial charge in [-0.05, 0) is 44.7 Å². The van der Waals surface area contributed by atoms with Gasteiger partial charge < -0.3 is 9.67 Å². The molecule has 1 aromatic carbocycles. The van der Waals surface area contributed by atoms with Crippen LogP contribution in [-0.2, 0) is 13.0 Å². The van der Waals surface area contributed by atoms with Crippen LogP contribution in [0.1, 0.15) is 43.4 Å². The number of nitrogens with zero attached hydrogens (tertiary/aromatic N) is 2. The Labute approximate surface area is 129 Å². The van der Waals surface area contributed by atoms with E-state index in [1.807, 2.05) is 17.8 Å². The minimum atomic E-state index is -0.909. The van der Waals surface area contributed by atoms with Crippen molar-refractivity contribution in [2.24, 2.45) is 0 Å². The molecule has 1 aromatic heterocycles. The van der Waals surface area contributed by atoms with Crippen molar-refractivity contribution in [3.63, 3.8) is 0 Å². The van der Waals surface area contributed by atoms with Gasteiger partial charge in [0.15, 0.2) is 0 Å². The van der Waals surface area contributed by atoms with Gasteiger partial charge in [0.1, 0.15) is 5.82 Å². The lowest BCUT2D eigenvalue weighted by molar-refractivity contribution is 0.0697. The molecule has 0 saturated carbocycles. The van der Waals surface area contributed by atoms with Crippen molar-refractivity contribution in [2.45, 2.75) is 44.9 Å². The zero-order chi connectivity index (χ0) is 15.6. The molecule has 1 heterocycles. The molecule has 0 radical (unpaired) electrons. The van der Waals surface area contributed by atoms with Crippen LogP contribution in [0.2, 0.25) is 0 Å². The van der Waals surface area contributed by atoms with Gasteiger partial charge in [0.05, 0.1) is 16.6 Å². The number of aryl methyl sites for hydroxylation is 1. The van der Waals surface area contributed by atoms with Crippen LogP contribution in [0, 0.1) is 0 Å². The molecule has 0 aliphatic heterocycles. The highest BCUT2D eigenvalue weighted by Crippen LogP contribution is 2.27. The number of carboxylic acids is 1. The molecule has 0 bridgehead atoms. The van der Waals surface area contributed by atoms with E-state index in [0.29, 0.717) is 5.56 Å². The zero-order valence-corrected chi connectivity index (χ0v) is 13.8. The van der Waals surface area contributed by atoms with E-state index in [-0.39, 0.29) is 4.75 Å². The Kier molecular flexibility index (Phi) is 4.61. The van der Waals surface area contributed by atoms with Crippen molar-refractivity contribution in [1.29, 1.82) is 0 Å². The quantitative estimate of drug-likeness (QED) is 0.881. The minimum Gasteiger partial charge on any atom is -0.478 e. The maximum absolute atomic E-state index is 11.1. The van der Waals surface area contributed by atoms with E-state index in [0.717, 1.165) is 36.2 Å². The maximum Gasteiger partial charge on any atom is 0.335 e. The molecule has 21 heavy (non-hydrogen) atoms. The average Bonchev–Trinajstić information content (AvgIpc) is 2.76. The first kappa shape index (κ1) is 15.9. The summed E-state index contributed by atoms with van der Waals surface area (Å²) in [6, 6.07) is 5.20. The number of carboxylic acid groups (broad SMARTS) is 1. The second-order valence-corrected chi connectivity index (χ2v) is 7.35. The Hall–Kier alpha value is -1.49. The maximum atomic E-state index is 11.1. The zero-order valence-electron chi connectivity index (χ0n) is 13.0. The minimum absolute atomic E-state index is 0.113. The van der Waals surface area contributed by atoms with Gasteiger partial charge in [0.25, 0.3) is 0 Å². The smallest absolute Gasteiger partial charge is 0.335 e. The van der Waals surface area contributed by atoms with E-state index >= 15 is 0 Å². The van der Waals surface area contributed by atoms with Crippen LogP contribution in [0.4, 0.5) is 0 Å². The molecular formula is C16H22N2O2S. The Morgan fingerprint density at radius 3 is 2.71 bits per heavy atom. The number of thioether (sulfide) groups is 1. The van der Waals surface area contributed by atoms with Gasteiger partial charge >= 0.3 is 5.97 Å². The van der Waals surface area contributed by atoms with Crippen LogP contribution in [0.15, 0.2) is 18.2 Å². The molecule has 2 rings (SSSR count). The summed E-state index contributed by atoms with van der Waals surface area (Å²) in [5, 5.41) is 9.11. The molecule has 0 atom stereocenters. The second-order valence-electron chi connectivity index (χ2n) is 5.84. The molecule has 0 aliphatic rings. The number of hydrogen-bond donors (Lipinski definition) is 1. The van der Waals surface area contributed by atoms with E-state index in [4.69, 9.17) is 5.11 Å². The third-order valence-electron chi connectivity index (χ3n) is 3.64. The molecule has 5 heteroatoms. The van der Waals surface area contributed by atoms with Crippen molar-refractivity contribution in [3.05, 3.63) is 29.6 Å².